The molecule has 0 heterocycles. The van der Waals surface area contributed by atoms with E-state index < -0.39 is 5.60 Å². The molecule has 0 aliphatic heterocycles. The molecule has 1 atom stereocenters. The zero-order chi connectivity index (χ0) is 8.20. The number of nitrogens with one attached hydrogen (secondary N) is 1. The first kappa shape index (κ1) is 9.88. The van der Waals surface area contributed by atoms with Crippen LogP contribution in [0.4, 0.5) is 0 Å². The second-order valence-electron chi connectivity index (χ2n) is 3.05. The van der Waals surface area contributed by atoms with Gasteiger partial charge in [0.1, 0.15) is 0 Å². The fourth-order valence-electron chi connectivity index (χ4n) is 0.531. The van der Waals surface area contributed by atoms with Gasteiger partial charge in [-0.25, -0.2) is 0 Å². The van der Waals surface area contributed by atoms with Crippen LogP contribution in [0.25, 0.3) is 0 Å². The SMILES string of the molecule is CC(NCCO)C(C)(C)O. The van der Waals surface area contributed by atoms with Crippen LogP contribution < -0.4 is 5.32 Å². The van der Waals surface area contributed by atoms with E-state index in [9.17, 15) is 5.11 Å². The van der Waals surface area contributed by atoms with E-state index in [1.54, 1.807) is 13.8 Å². The molecule has 0 aromatic rings. The average Bonchev–Trinajstić information content (AvgIpc) is 1.80. The topological polar surface area (TPSA) is 52.5 Å². The molecule has 0 saturated heterocycles. The zero-order valence-corrected chi connectivity index (χ0v) is 6.89. The van der Waals surface area contributed by atoms with Crippen molar-refractivity contribution in [2.45, 2.75) is 32.4 Å². The van der Waals surface area contributed by atoms with Gasteiger partial charge in [0.15, 0.2) is 0 Å². The molecular formula is C7H17NO2. The molecule has 0 rings (SSSR count). The second-order valence-corrected chi connectivity index (χ2v) is 3.05. The molecule has 0 aromatic heterocycles. The third kappa shape index (κ3) is 3.82. The van der Waals surface area contributed by atoms with Crippen LogP contribution in [0.2, 0.25) is 0 Å². The molecule has 0 aromatic carbocycles. The molecule has 0 bridgehead atoms. The minimum absolute atomic E-state index is 0.0136. The highest BCUT2D eigenvalue weighted by molar-refractivity contribution is 4.78. The molecule has 0 aliphatic carbocycles. The predicted octanol–water partition coefficient (Wildman–Crippen LogP) is -0.272. The van der Waals surface area contributed by atoms with Gasteiger partial charge in [-0.15, -0.1) is 0 Å². The van der Waals surface area contributed by atoms with Gasteiger partial charge in [0, 0.05) is 12.6 Å². The molecular weight excluding hydrogens is 130 g/mol. The van der Waals surface area contributed by atoms with E-state index in [4.69, 9.17) is 5.11 Å². The zero-order valence-electron chi connectivity index (χ0n) is 6.89. The Hall–Kier alpha value is -0.120. The third-order valence-electron chi connectivity index (χ3n) is 1.62. The number of hydrogen-bond donors (Lipinski definition) is 3. The quantitative estimate of drug-likeness (QED) is 0.513. The van der Waals surface area contributed by atoms with E-state index in [0.717, 1.165) is 0 Å². The summed E-state index contributed by atoms with van der Waals surface area (Å²) >= 11 is 0. The summed E-state index contributed by atoms with van der Waals surface area (Å²) in [6.07, 6.45) is 0. The van der Waals surface area contributed by atoms with Crippen molar-refractivity contribution in [3.05, 3.63) is 0 Å². The van der Waals surface area contributed by atoms with Crippen molar-refractivity contribution in [3.8, 4) is 0 Å². The Kier molecular flexibility index (Phi) is 3.86. The van der Waals surface area contributed by atoms with Crippen LogP contribution in [0.15, 0.2) is 0 Å². The van der Waals surface area contributed by atoms with Crippen molar-refractivity contribution in [1.29, 1.82) is 0 Å². The lowest BCUT2D eigenvalue weighted by Gasteiger charge is -2.26. The molecule has 10 heavy (non-hydrogen) atoms. The number of aliphatic hydroxyl groups is 2. The monoisotopic (exact) mass is 147 g/mol. The van der Waals surface area contributed by atoms with Crippen LogP contribution >= 0.6 is 0 Å². The highest BCUT2D eigenvalue weighted by Crippen LogP contribution is 2.06. The fraction of sp³-hybridized carbons (Fsp3) is 1.00. The molecule has 1 unspecified atom stereocenters. The maximum absolute atomic E-state index is 9.37. The Morgan fingerprint density at radius 3 is 2.30 bits per heavy atom. The fourth-order valence-corrected chi connectivity index (χ4v) is 0.531. The van der Waals surface area contributed by atoms with Gasteiger partial charge in [0.2, 0.25) is 0 Å². The van der Waals surface area contributed by atoms with Crippen molar-refractivity contribution >= 4 is 0 Å². The molecule has 62 valence electrons. The summed E-state index contributed by atoms with van der Waals surface area (Å²) in [4.78, 5) is 0. The largest absolute Gasteiger partial charge is 0.395 e. The molecule has 0 spiro atoms. The molecule has 3 nitrogen and oxygen atoms in total. The Morgan fingerprint density at radius 1 is 1.50 bits per heavy atom. The Labute approximate surface area is 62.1 Å². The van der Waals surface area contributed by atoms with Crippen LogP contribution in [-0.4, -0.2) is 35.0 Å². The normalized spacial score (nSPS) is 15.3. The van der Waals surface area contributed by atoms with Gasteiger partial charge in [-0.3, -0.25) is 0 Å². The van der Waals surface area contributed by atoms with E-state index in [1.165, 1.54) is 0 Å². The van der Waals surface area contributed by atoms with Gasteiger partial charge in [-0.05, 0) is 20.8 Å². The number of rotatable bonds is 4. The van der Waals surface area contributed by atoms with Crippen LogP contribution in [0.1, 0.15) is 20.8 Å². The first-order valence-corrected chi connectivity index (χ1v) is 3.55. The molecule has 3 N–H and O–H groups in total. The van der Waals surface area contributed by atoms with Crippen LogP contribution in [0.5, 0.6) is 0 Å². The van der Waals surface area contributed by atoms with Crippen LogP contribution in [-0.2, 0) is 0 Å². The van der Waals surface area contributed by atoms with Gasteiger partial charge < -0.3 is 15.5 Å². The average molecular weight is 147 g/mol. The lowest BCUT2D eigenvalue weighted by Crippen LogP contribution is -2.45. The predicted molar refractivity (Wildman–Crippen MR) is 40.8 cm³/mol. The summed E-state index contributed by atoms with van der Waals surface area (Å²) in [5.41, 5.74) is -0.713. The first-order valence-electron chi connectivity index (χ1n) is 3.55. The standard InChI is InChI=1S/C7H17NO2/c1-6(7(2,3)10)8-4-5-9/h6,8-10H,4-5H2,1-3H3. The highest BCUT2D eigenvalue weighted by atomic mass is 16.3. The van der Waals surface area contributed by atoms with Crippen LogP contribution in [0, 0.1) is 0 Å². The minimum Gasteiger partial charge on any atom is -0.395 e. The van der Waals surface area contributed by atoms with E-state index in [1.807, 2.05) is 6.92 Å². The maximum Gasteiger partial charge on any atom is 0.0741 e. The Morgan fingerprint density at radius 2 is 2.00 bits per heavy atom. The summed E-state index contributed by atoms with van der Waals surface area (Å²) < 4.78 is 0. The van der Waals surface area contributed by atoms with E-state index >= 15 is 0 Å². The maximum atomic E-state index is 9.37. The molecule has 0 saturated carbocycles. The Bertz CT molecular complexity index is 88.1. The third-order valence-corrected chi connectivity index (χ3v) is 1.62. The van der Waals surface area contributed by atoms with E-state index in [-0.39, 0.29) is 12.6 Å². The van der Waals surface area contributed by atoms with Crippen molar-refractivity contribution < 1.29 is 10.2 Å². The lowest BCUT2D eigenvalue weighted by molar-refractivity contribution is 0.0429. The van der Waals surface area contributed by atoms with Gasteiger partial charge in [-0.2, -0.15) is 0 Å². The Balaban J connectivity index is 3.52. The first-order chi connectivity index (χ1) is 4.48. The van der Waals surface area contributed by atoms with Gasteiger partial charge in [-0.1, -0.05) is 0 Å². The van der Waals surface area contributed by atoms with Crippen molar-refractivity contribution in [2.75, 3.05) is 13.2 Å². The second kappa shape index (κ2) is 3.91. The molecule has 0 amide bonds. The molecule has 0 radical (unpaired) electrons. The summed E-state index contributed by atoms with van der Waals surface area (Å²) in [7, 11) is 0. The summed E-state index contributed by atoms with van der Waals surface area (Å²) in [5.74, 6) is 0. The summed E-state index contributed by atoms with van der Waals surface area (Å²) in [5, 5.41) is 20.8. The molecule has 0 fully saturated rings. The van der Waals surface area contributed by atoms with Crippen LogP contribution in [0.3, 0.4) is 0 Å². The van der Waals surface area contributed by atoms with Crippen molar-refractivity contribution in [1.82, 2.24) is 5.32 Å². The van der Waals surface area contributed by atoms with Gasteiger partial charge >= 0.3 is 0 Å². The highest BCUT2D eigenvalue weighted by Gasteiger charge is 2.20. The van der Waals surface area contributed by atoms with Gasteiger partial charge in [0.25, 0.3) is 0 Å². The minimum atomic E-state index is -0.713. The number of hydrogen-bond acceptors (Lipinski definition) is 3. The van der Waals surface area contributed by atoms with E-state index in [0.29, 0.717) is 6.54 Å². The lowest BCUT2D eigenvalue weighted by atomic mass is 10.0. The summed E-state index contributed by atoms with van der Waals surface area (Å²) in [6, 6.07) is 0.0136. The molecule has 3 heteroatoms. The van der Waals surface area contributed by atoms with E-state index in [2.05, 4.69) is 5.32 Å². The van der Waals surface area contributed by atoms with Gasteiger partial charge in [0.05, 0.1) is 12.2 Å². The summed E-state index contributed by atoms with van der Waals surface area (Å²) in [6.45, 7) is 6.01. The number of aliphatic hydroxyl groups excluding tert-OH is 1. The van der Waals surface area contributed by atoms with Crippen molar-refractivity contribution in [3.63, 3.8) is 0 Å². The van der Waals surface area contributed by atoms with Crippen molar-refractivity contribution in [2.24, 2.45) is 0 Å². The smallest absolute Gasteiger partial charge is 0.0741 e. The molecule has 0 aliphatic rings.